The van der Waals surface area contributed by atoms with Crippen LogP contribution in [0.2, 0.25) is 0 Å². The van der Waals surface area contributed by atoms with Gasteiger partial charge in [0.1, 0.15) is 30.0 Å². The van der Waals surface area contributed by atoms with Crippen molar-refractivity contribution in [3.05, 3.63) is 11.3 Å². The number of hydrogen-bond donors (Lipinski definition) is 1. The fourth-order valence-corrected chi connectivity index (χ4v) is 3.94. The monoisotopic (exact) mass is 308 g/mol. The van der Waals surface area contributed by atoms with Crippen LogP contribution in [-0.2, 0) is 28.6 Å². The van der Waals surface area contributed by atoms with Gasteiger partial charge in [0.05, 0.1) is 0 Å². The third-order valence-electron chi connectivity index (χ3n) is 5.62. The molecular formula is C15H16O7. The number of aliphatic hydroxyl groups is 1. The molecule has 0 spiro atoms. The lowest BCUT2D eigenvalue weighted by atomic mass is 9.67. The van der Waals surface area contributed by atoms with Crippen molar-refractivity contribution in [1.82, 2.24) is 0 Å². The summed E-state index contributed by atoms with van der Waals surface area (Å²) in [5.74, 6) is -1.92. The highest BCUT2D eigenvalue weighted by Gasteiger charge is 2.70. The number of esters is 2. The van der Waals surface area contributed by atoms with E-state index in [0.717, 1.165) is 0 Å². The molecule has 1 aliphatic carbocycles. The number of ether oxygens (including phenoxy) is 3. The fraction of sp³-hybridized carbons (Fsp3) is 0.667. The zero-order chi connectivity index (χ0) is 15.9. The van der Waals surface area contributed by atoms with Crippen LogP contribution in [0.1, 0.15) is 26.7 Å². The molecule has 3 aliphatic heterocycles. The molecule has 0 aromatic heterocycles. The van der Waals surface area contributed by atoms with Crippen LogP contribution in [0.3, 0.4) is 0 Å². The summed E-state index contributed by atoms with van der Waals surface area (Å²) in [4.78, 5) is 37.1. The highest BCUT2D eigenvalue weighted by Crippen LogP contribution is 2.51. The smallest absolute Gasteiger partial charge is 0.373 e. The van der Waals surface area contributed by atoms with Crippen LogP contribution in [0.25, 0.3) is 0 Å². The van der Waals surface area contributed by atoms with E-state index in [-0.39, 0.29) is 36.9 Å². The van der Waals surface area contributed by atoms with Crippen LogP contribution in [0, 0.1) is 11.3 Å². The number of carbonyl (C=O) groups excluding carboxylic acids is 3. The van der Waals surface area contributed by atoms with Gasteiger partial charge >= 0.3 is 11.9 Å². The summed E-state index contributed by atoms with van der Waals surface area (Å²) < 4.78 is 15.8. The van der Waals surface area contributed by atoms with Gasteiger partial charge in [0.25, 0.3) is 0 Å². The van der Waals surface area contributed by atoms with Gasteiger partial charge in [0, 0.05) is 18.8 Å². The molecule has 0 radical (unpaired) electrons. The van der Waals surface area contributed by atoms with Gasteiger partial charge < -0.3 is 19.3 Å². The SMILES string of the molecule is CC1C2=C3OC1CC(=O)C1(C)COC(=O)C1(O)C(C2)OC3=O. The second-order valence-corrected chi connectivity index (χ2v) is 6.70. The summed E-state index contributed by atoms with van der Waals surface area (Å²) in [5.41, 5.74) is -2.89. The maximum Gasteiger partial charge on any atom is 0.373 e. The Hall–Kier alpha value is -1.89. The maximum atomic E-state index is 12.7. The molecule has 22 heavy (non-hydrogen) atoms. The Labute approximate surface area is 126 Å². The van der Waals surface area contributed by atoms with Crippen LogP contribution in [0.15, 0.2) is 11.3 Å². The number of cyclic esters (lactones) is 1. The number of hydrogen-bond acceptors (Lipinski definition) is 7. The fourth-order valence-electron chi connectivity index (χ4n) is 3.94. The van der Waals surface area contributed by atoms with Crippen molar-refractivity contribution in [2.24, 2.45) is 11.3 Å². The lowest BCUT2D eigenvalue weighted by Crippen LogP contribution is -2.62. The van der Waals surface area contributed by atoms with E-state index in [1.54, 1.807) is 0 Å². The lowest BCUT2D eigenvalue weighted by molar-refractivity contribution is -0.192. The van der Waals surface area contributed by atoms with E-state index in [9.17, 15) is 19.5 Å². The second kappa shape index (κ2) is 3.90. The molecule has 1 saturated heterocycles. The van der Waals surface area contributed by atoms with Crippen LogP contribution >= 0.6 is 0 Å². The summed E-state index contributed by atoms with van der Waals surface area (Å²) in [6.45, 7) is 3.14. The second-order valence-electron chi connectivity index (χ2n) is 6.70. The summed E-state index contributed by atoms with van der Waals surface area (Å²) in [6.07, 6.45) is -1.42. The van der Waals surface area contributed by atoms with Gasteiger partial charge in [-0.1, -0.05) is 6.92 Å². The molecule has 118 valence electrons. The number of rotatable bonds is 0. The Morgan fingerprint density at radius 1 is 1.18 bits per heavy atom. The van der Waals surface area contributed by atoms with E-state index < -0.39 is 35.2 Å². The summed E-state index contributed by atoms with van der Waals surface area (Å²) in [5, 5.41) is 11.0. The minimum Gasteiger partial charge on any atom is -0.482 e. The molecule has 7 nitrogen and oxygen atoms in total. The average molecular weight is 308 g/mol. The molecule has 2 fully saturated rings. The third kappa shape index (κ3) is 1.33. The molecule has 1 N–H and O–H groups in total. The largest absolute Gasteiger partial charge is 0.482 e. The van der Waals surface area contributed by atoms with Crippen molar-refractivity contribution in [3.63, 3.8) is 0 Å². The first-order valence-electron chi connectivity index (χ1n) is 7.32. The minimum atomic E-state index is -2.15. The van der Waals surface area contributed by atoms with E-state index in [2.05, 4.69) is 0 Å². The molecule has 4 rings (SSSR count). The molecule has 0 amide bonds. The van der Waals surface area contributed by atoms with E-state index in [4.69, 9.17) is 14.2 Å². The highest BCUT2D eigenvalue weighted by atomic mass is 16.6. The van der Waals surface area contributed by atoms with Gasteiger partial charge in [-0.3, -0.25) is 4.79 Å². The normalized spacial score (nSPS) is 46.5. The van der Waals surface area contributed by atoms with Gasteiger partial charge in [-0.15, -0.1) is 0 Å². The Morgan fingerprint density at radius 3 is 2.64 bits per heavy atom. The van der Waals surface area contributed by atoms with Crippen LogP contribution < -0.4 is 0 Å². The van der Waals surface area contributed by atoms with Crippen molar-refractivity contribution in [2.45, 2.75) is 44.5 Å². The van der Waals surface area contributed by atoms with Crippen LogP contribution in [-0.4, -0.2) is 47.2 Å². The molecule has 5 unspecified atom stereocenters. The van der Waals surface area contributed by atoms with Crippen LogP contribution in [0.5, 0.6) is 0 Å². The molecule has 0 aromatic rings. The summed E-state index contributed by atoms with van der Waals surface area (Å²) >= 11 is 0. The molecule has 5 atom stereocenters. The van der Waals surface area contributed by atoms with E-state index in [1.165, 1.54) is 6.92 Å². The number of Topliss-reactive ketones (excluding diaryl/α,β-unsaturated/α-hetero) is 1. The van der Waals surface area contributed by atoms with Crippen LogP contribution in [0.4, 0.5) is 0 Å². The van der Waals surface area contributed by atoms with E-state index in [0.29, 0.717) is 5.57 Å². The molecule has 0 aromatic carbocycles. The number of ketones is 1. The predicted molar refractivity (Wildman–Crippen MR) is 69.2 cm³/mol. The quantitative estimate of drug-likeness (QED) is 0.622. The molecular weight excluding hydrogens is 292 g/mol. The Morgan fingerprint density at radius 2 is 1.91 bits per heavy atom. The number of carbonyl (C=O) groups is 3. The molecule has 3 heterocycles. The molecule has 3 bridgehead atoms. The molecule has 7 heteroatoms. The first-order chi connectivity index (χ1) is 10.3. The zero-order valence-corrected chi connectivity index (χ0v) is 12.3. The minimum absolute atomic E-state index is 0.0175. The summed E-state index contributed by atoms with van der Waals surface area (Å²) in [6, 6.07) is 0. The van der Waals surface area contributed by atoms with Crippen molar-refractivity contribution in [2.75, 3.05) is 6.61 Å². The predicted octanol–water partition coefficient (Wildman–Crippen LogP) is -0.142. The highest BCUT2D eigenvalue weighted by molar-refractivity contribution is 5.99. The van der Waals surface area contributed by atoms with Gasteiger partial charge in [-0.2, -0.15) is 0 Å². The van der Waals surface area contributed by atoms with E-state index in [1.807, 2.05) is 6.92 Å². The first-order valence-corrected chi connectivity index (χ1v) is 7.32. The third-order valence-corrected chi connectivity index (χ3v) is 5.62. The van der Waals surface area contributed by atoms with Gasteiger partial charge in [0.15, 0.2) is 0 Å². The van der Waals surface area contributed by atoms with Crippen molar-refractivity contribution >= 4 is 17.7 Å². The Bertz CT molecular complexity index is 650. The topological polar surface area (TPSA) is 99.1 Å². The van der Waals surface area contributed by atoms with Crippen molar-refractivity contribution < 1.29 is 33.7 Å². The van der Waals surface area contributed by atoms with Gasteiger partial charge in [-0.05, 0) is 12.5 Å². The van der Waals surface area contributed by atoms with E-state index >= 15 is 0 Å². The average Bonchev–Trinajstić information content (AvgIpc) is 2.92. The van der Waals surface area contributed by atoms with Crippen molar-refractivity contribution in [3.8, 4) is 0 Å². The maximum absolute atomic E-state index is 12.7. The van der Waals surface area contributed by atoms with Gasteiger partial charge in [0.2, 0.25) is 11.4 Å². The first kappa shape index (κ1) is 13.8. The zero-order valence-electron chi connectivity index (χ0n) is 12.3. The Balaban J connectivity index is 1.92. The molecule has 1 saturated carbocycles. The lowest BCUT2D eigenvalue weighted by Gasteiger charge is -2.40. The molecule has 4 aliphatic rings. The Kier molecular flexibility index (Phi) is 2.44. The summed E-state index contributed by atoms with van der Waals surface area (Å²) in [7, 11) is 0. The standard InChI is InChI=1S/C15H16O7/c1-6-7-3-10-15(19)13(18)20-5-14(15,2)9(16)4-8(6)21-11(7)12(17)22-10/h6,8,10,19H,3-5H2,1-2H3. The van der Waals surface area contributed by atoms with Gasteiger partial charge in [-0.25, -0.2) is 9.59 Å². The number of fused-ring (bicyclic) bond motifs is 4. The van der Waals surface area contributed by atoms with Crippen molar-refractivity contribution in [1.29, 1.82) is 0 Å².